The number of piperidine rings is 1. The zero-order valence-electron chi connectivity index (χ0n) is 17.4. The average molecular weight is 424 g/mol. The number of benzene rings is 1. The van der Waals surface area contributed by atoms with Crippen molar-refractivity contribution in [2.24, 2.45) is 5.92 Å². The van der Waals surface area contributed by atoms with Gasteiger partial charge in [0.05, 0.1) is 12.2 Å². The zero-order chi connectivity index (χ0) is 20.8. The molecular formula is C24H29N3O2S. The molecule has 1 aliphatic rings. The molecule has 0 radical (unpaired) electrons. The highest BCUT2D eigenvalue weighted by atomic mass is 32.1. The summed E-state index contributed by atoms with van der Waals surface area (Å²) in [5, 5.41) is 5.26. The highest BCUT2D eigenvalue weighted by Gasteiger charge is 2.25. The summed E-state index contributed by atoms with van der Waals surface area (Å²) >= 11 is 1.77. The second kappa shape index (κ2) is 10.0. The van der Waals surface area contributed by atoms with Crippen molar-refractivity contribution >= 4 is 17.2 Å². The summed E-state index contributed by atoms with van der Waals surface area (Å²) in [6, 6.07) is 14.4. The number of thiophene rings is 1. The van der Waals surface area contributed by atoms with Crippen LogP contribution in [0.25, 0.3) is 11.3 Å². The fourth-order valence-corrected chi connectivity index (χ4v) is 4.77. The molecule has 3 heterocycles. The molecule has 158 valence electrons. The minimum absolute atomic E-state index is 0.0430. The second-order valence-electron chi connectivity index (χ2n) is 8.04. The van der Waals surface area contributed by atoms with Gasteiger partial charge in [0.15, 0.2) is 11.7 Å². The van der Waals surface area contributed by atoms with Crippen molar-refractivity contribution < 1.29 is 9.21 Å². The van der Waals surface area contributed by atoms with E-state index in [1.165, 1.54) is 17.7 Å². The largest absolute Gasteiger partial charge is 0.441 e. The van der Waals surface area contributed by atoms with E-state index in [1.54, 1.807) is 17.5 Å². The number of likely N-dealkylation sites (tertiary alicyclic amines) is 1. The lowest BCUT2D eigenvalue weighted by atomic mass is 9.97. The van der Waals surface area contributed by atoms with Crippen molar-refractivity contribution in [3.05, 3.63) is 64.8 Å². The molecule has 2 aromatic heterocycles. The number of carbonyl (C=O) groups excluding carboxylic acids is 1. The number of carbonyl (C=O) groups is 1. The van der Waals surface area contributed by atoms with Gasteiger partial charge in [-0.1, -0.05) is 43.3 Å². The molecule has 0 spiro atoms. The molecule has 6 heteroatoms. The number of nitrogens with one attached hydrogen (secondary N) is 1. The van der Waals surface area contributed by atoms with Crippen molar-refractivity contribution in [1.29, 1.82) is 0 Å². The van der Waals surface area contributed by atoms with E-state index in [-0.39, 0.29) is 11.9 Å². The molecule has 1 aliphatic heterocycles. The molecule has 0 bridgehead atoms. The van der Waals surface area contributed by atoms with Crippen molar-refractivity contribution in [3.63, 3.8) is 0 Å². The number of aryl methyl sites for hydroxylation is 1. The number of rotatable bonds is 8. The Morgan fingerprint density at radius 3 is 2.77 bits per heavy atom. The topological polar surface area (TPSA) is 58.4 Å². The van der Waals surface area contributed by atoms with Crippen molar-refractivity contribution in [3.8, 4) is 11.3 Å². The van der Waals surface area contributed by atoms with Gasteiger partial charge < -0.3 is 9.73 Å². The Morgan fingerprint density at radius 2 is 2.03 bits per heavy atom. The minimum Gasteiger partial charge on any atom is -0.441 e. The van der Waals surface area contributed by atoms with Crippen LogP contribution < -0.4 is 5.32 Å². The average Bonchev–Trinajstić information content (AvgIpc) is 3.47. The van der Waals surface area contributed by atoms with Crippen molar-refractivity contribution in [2.45, 2.75) is 38.6 Å². The molecule has 1 fully saturated rings. The van der Waals surface area contributed by atoms with Gasteiger partial charge >= 0.3 is 0 Å². The summed E-state index contributed by atoms with van der Waals surface area (Å²) in [4.78, 5) is 20.7. The molecule has 1 saturated heterocycles. The number of hydrogen-bond donors (Lipinski definition) is 1. The Morgan fingerprint density at radius 1 is 1.23 bits per heavy atom. The van der Waals surface area contributed by atoms with E-state index in [1.807, 2.05) is 30.3 Å². The van der Waals surface area contributed by atoms with Crippen LogP contribution in [-0.2, 0) is 11.2 Å². The van der Waals surface area contributed by atoms with Crippen LogP contribution in [-0.4, -0.2) is 35.4 Å². The first kappa shape index (κ1) is 20.8. The third-order valence-corrected chi connectivity index (χ3v) is 6.77. The van der Waals surface area contributed by atoms with Gasteiger partial charge in [-0.05, 0) is 43.3 Å². The second-order valence-corrected chi connectivity index (χ2v) is 9.02. The van der Waals surface area contributed by atoms with E-state index < -0.39 is 0 Å². The molecule has 1 amide bonds. The highest BCUT2D eigenvalue weighted by Crippen LogP contribution is 2.29. The first-order valence-corrected chi connectivity index (χ1v) is 11.6. The third-order valence-electron chi connectivity index (χ3n) is 5.80. The quantitative estimate of drug-likeness (QED) is 0.558. The molecule has 1 N–H and O–H groups in total. The molecule has 30 heavy (non-hydrogen) atoms. The maximum atomic E-state index is 12.5. The summed E-state index contributed by atoms with van der Waals surface area (Å²) in [5.74, 6) is 2.18. The van der Waals surface area contributed by atoms with Crippen molar-refractivity contribution in [1.82, 2.24) is 15.2 Å². The van der Waals surface area contributed by atoms with Gasteiger partial charge in [-0.3, -0.25) is 9.69 Å². The monoisotopic (exact) mass is 423 g/mol. The Labute approximate surface area is 182 Å². The standard InChI is InChI=1S/C24H29N3O2S/c1-18-11-13-27(14-12-18)20(22-8-5-15-30-22)16-25-23(28)9-10-24-26-17-21(29-24)19-6-3-2-4-7-19/h2-8,15,17-18,20H,9-14,16H2,1H3,(H,25,28)/t20-/m0/s1. The Hall–Kier alpha value is -2.44. The molecule has 0 unspecified atom stereocenters. The van der Waals surface area contributed by atoms with E-state index in [0.29, 0.717) is 25.3 Å². The van der Waals surface area contributed by atoms with Crippen LogP contribution in [0.1, 0.15) is 43.0 Å². The normalized spacial score (nSPS) is 16.4. The van der Waals surface area contributed by atoms with Gasteiger partial charge in [0.1, 0.15) is 0 Å². The van der Waals surface area contributed by atoms with Gasteiger partial charge in [0, 0.05) is 29.8 Å². The zero-order valence-corrected chi connectivity index (χ0v) is 18.2. The maximum absolute atomic E-state index is 12.5. The fraction of sp³-hybridized carbons (Fsp3) is 0.417. The van der Waals surface area contributed by atoms with Crippen LogP contribution in [0.2, 0.25) is 0 Å². The van der Waals surface area contributed by atoms with Gasteiger partial charge in [-0.25, -0.2) is 4.98 Å². The Bertz CT molecular complexity index is 915. The summed E-state index contributed by atoms with van der Waals surface area (Å²) in [5.41, 5.74) is 0.996. The van der Waals surface area contributed by atoms with Crippen LogP contribution in [0.15, 0.2) is 58.5 Å². The highest BCUT2D eigenvalue weighted by molar-refractivity contribution is 7.10. The van der Waals surface area contributed by atoms with E-state index in [0.717, 1.165) is 30.3 Å². The van der Waals surface area contributed by atoms with E-state index >= 15 is 0 Å². The third kappa shape index (κ3) is 5.37. The molecule has 5 nitrogen and oxygen atoms in total. The minimum atomic E-state index is 0.0430. The Balaban J connectivity index is 1.29. The fourth-order valence-electron chi connectivity index (χ4n) is 3.91. The van der Waals surface area contributed by atoms with Crippen LogP contribution in [0.5, 0.6) is 0 Å². The summed E-state index contributed by atoms with van der Waals surface area (Å²) in [6.45, 7) is 5.16. The van der Waals surface area contributed by atoms with Gasteiger partial charge in [0.2, 0.25) is 5.91 Å². The smallest absolute Gasteiger partial charge is 0.220 e. The van der Waals surface area contributed by atoms with Crippen LogP contribution >= 0.6 is 11.3 Å². The van der Waals surface area contributed by atoms with E-state index in [4.69, 9.17) is 4.42 Å². The lowest BCUT2D eigenvalue weighted by Gasteiger charge is -2.36. The number of oxazole rings is 1. The van der Waals surface area contributed by atoms with Gasteiger partial charge in [-0.15, -0.1) is 11.3 Å². The number of amides is 1. The van der Waals surface area contributed by atoms with Crippen LogP contribution in [0, 0.1) is 5.92 Å². The van der Waals surface area contributed by atoms with Gasteiger partial charge in [0.25, 0.3) is 0 Å². The Kier molecular flexibility index (Phi) is 6.97. The van der Waals surface area contributed by atoms with Gasteiger partial charge in [-0.2, -0.15) is 0 Å². The first-order valence-electron chi connectivity index (χ1n) is 10.7. The maximum Gasteiger partial charge on any atom is 0.220 e. The number of nitrogens with zero attached hydrogens (tertiary/aromatic N) is 2. The number of aromatic nitrogens is 1. The molecular weight excluding hydrogens is 394 g/mol. The number of hydrogen-bond acceptors (Lipinski definition) is 5. The predicted molar refractivity (Wildman–Crippen MR) is 120 cm³/mol. The van der Waals surface area contributed by atoms with Crippen LogP contribution in [0.3, 0.4) is 0 Å². The van der Waals surface area contributed by atoms with Crippen molar-refractivity contribution in [2.75, 3.05) is 19.6 Å². The van der Waals surface area contributed by atoms with E-state index in [9.17, 15) is 4.79 Å². The van der Waals surface area contributed by atoms with Crippen LogP contribution in [0.4, 0.5) is 0 Å². The van der Waals surface area contributed by atoms with E-state index in [2.05, 4.69) is 39.6 Å². The molecule has 1 atom stereocenters. The molecule has 3 aromatic rings. The first-order chi connectivity index (χ1) is 14.7. The summed E-state index contributed by atoms with van der Waals surface area (Å²) < 4.78 is 5.81. The molecule has 0 aliphatic carbocycles. The summed E-state index contributed by atoms with van der Waals surface area (Å²) in [6.07, 6.45) is 5.06. The SMILES string of the molecule is CC1CCN([C@@H](CNC(=O)CCc2ncc(-c3ccccc3)o2)c2cccs2)CC1. The predicted octanol–water partition coefficient (Wildman–Crippen LogP) is 4.93. The lowest BCUT2D eigenvalue weighted by molar-refractivity contribution is -0.121. The molecule has 4 rings (SSSR count). The molecule has 0 saturated carbocycles. The summed E-state index contributed by atoms with van der Waals surface area (Å²) in [7, 11) is 0. The molecule has 1 aromatic carbocycles. The lowest BCUT2D eigenvalue weighted by Crippen LogP contribution is -2.41.